The molecule has 2 heterocycles. The Labute approximate surface area is 149 Å². The first-order chi connectivity index (χ1) is 11.9. The van der Waals surface area contributed by atoms with Crippen LogP contribution in [0.2, 0.25) is 0 Å². The minimum absolute atomic E-state index is 0.134. The third-order valence-corrected chi connectivity index (χ3v) is 5.14. The maximum Gasteiger partial charge on any atom is 0.325 e. The molecule has 6 heteroatoms. The molecular formula is C19H27N3O3. The van der Waals surface area contributed by atoms with Crippen LogP contribution in [0.15, 0.2) is 24.3 Å². The van der Waals surface area contributed by atoms with E-state index in [4.69, 9.17) is 4.74 Å². The van der Waals surface area contributed by atoms with E-state index >= 15 is 0 Å². The highest BCUT2D eigenvalue weighted by Gasteiger charge is 2.43. The quantitative estimate of drug-likeness (QED) is 0.805. The summed E-state index contributed by atoms with van der Waals surface area (Å²) >= 11 is 0. The number of amides is 3. The Kier molecular flexibility index (Phi) is 4.99. The third-order valence-electron chi connectivity index (χ3n) is 5.14. The number of nitrogens with one attached hydrogen (secondary N) is 1. The van der Waals surface area contributed by atoms with E-state index in [9.17, 15) is 9.59 Å². The van der Waals surface area contributed by atoms with Crippen LogP contribution in [-0.2, 0) is 4.79 Å². The van der Waals surface area contributed by atoms with E-state index in [0.29, 0.717) is 12.6 Å². The lowest BCUT2D eigenvalue weighted by molar-refractivity contribution is -0.130. The first kappa shape index (κ1) is 17.7. The molecule has 0 radical (unpaired) electrons. The first-order valence-corrected chi connectivity index (χ1v) is 8.94. The molecule has 1 N–H and O–H groups in total. The molecule has 0 spiro atoms. The number of carbonyl (C=O) groups is 2. The lowest BCUT2D eigenvalue weighted by Gasteiger charge is -2.25. The van der Waals surface area contributed by atoms with Crippen molar-refractivity contribution in [1.29, 1.82) is 0 Å². The molecule has 3 rings (SSSR count). The van der Waals surface area contributed by atoms with Gasteiger partial charge in [0.1, 0.15) is 11.3 Å². The molecule has 0 aliphatic carbocycles. The van der Waals surface area contributed by atoms with Gasteiger partial charge in [-0.15, -0.1) is 0 Å². The van der Waals surface area contributed by atoms with Gasteiger partial charge in [-0.3, -0.25) is 14.6 Å². The maximum atomic E-state index is 12.2. The monoisotopic (exact) mass is 345 g/mol. The third kappa shape index (κ3) is 3.63. The van der Waals surface area contributed by atoms with E-state index in [1.807, 2.05) is 12.1 Å². The number of urea groups is 1. The summed E-state index contributed by atoms with van der Waals surface area (Å²) in [5.74, 6) is 0.736. The van der Waals surface area contributed by atoms with E-state index in [0.717, 1.165) is 31.7 Å². The standard InChI is InChI=1S/C19H27N3O3/c1-19(2)17(23)22(18(24)20-19)13-5-12-21-11-4-6-16(21)14-7-9-15(25-3)10-8-14/h7-10,16H,4-6,11-13H2,1-3H3,(H,20,24)/t16-/m0/s1. The topological polar surface area (TPSA) is 61.9 Å². The second-order valence-electron chi connectivity index (χ2n) is 7.33. The second kappa shape index (κ2) is 7.04. The van der Waals surface area contributed by atoms with Crippen LogP contribution in [0, 0.1) is 0 Å². The van der Waals surface area contributed by atoms with Crippen molar-refractivity contribution in [3.63, 3.8) is 0 Å². The van der Waals surface area contributed by atoms with Crippen LogP contribution in [0.3, 0.4) is 0 Å². The molecule has 0 aromatic heterocycles. The average molecular weight is 345 g/mol. The minimum Gasteiger partial charge on any atom is -0.497 e. The summed E-state index contributed by atoms with van der Waals surface area (Å²) in [6.07, 6.45) is 3.11. The van der Waals surface area contributed by atoms with Crippen LogP contribution >= 0.6 is 0 Å². The van der Waals surface area contributed by atoms with Gasteiger partial charge in [-0.1, -0.05) is 12.1 Å². The zero-order valence-corrected chi connectivity index (χ0v) is 15.2. The van der Waals surface area contributed by atoms with Crippen molar-refractivity contribution in [3.8, 4) is 5.75 Å². The predicted octanol–water partition coefficient (Wildman–Crippen LogP) is 2.55. The summed E-state index contributed by atoms with van der Waals surface area (Å²) in [5, 5.41) is 2.73. The van der Waals surface area contributed by atoms with E-state index < -0.39 is 5.54 Å². The van der Waals surface area contributed by atoms with Gasteiger partial charge in [0, 0.05) is 19.1 Å². The van der Waals surface area contributed by atoms with E-state index in [-0.39, 0.29) is 11.9 Å². The molecule has 0 bridgehead atoms. The van der Waals surface area contributed by atoms with Crippen molar-refractivity contribution < 1.29 is 14.3 Å². The second-order valence-corrected chi connectivity index (χ2v) is 7.33. The van der Waals surface area contributed by atoms with Crippen LogP contribution in [0.1, 0.15) is 44.7 Å². The lowest BCUT2D eigenvalue weighted by atomic mass is 10.0. The molecule has 3 amide bonds. The van der Waals surface area contributed by atoms with E-state index in [2.05, 4.69) is 22.3 Å². The van der Waals surface area contributed by atoms with Crippen molar-refractivity contribution in [2.24, 2.45) is 0 Å². The van der Waals surface area contributed by atoms with Gasteiger partial charge < -0.3 is 10.1 Å². The SMILES string of the molecule is COc1ccc([C@@H]2CCCN2CCCN2C(=O)NC(C)(C)C2=O)cc1. The summed E-state index contributed by atoms with van der Waals surface area (Å²) in [5.41, 5.74) is 0.519. The number of carbonyl (C=O) groups excluding carboxylic acids is 2. The molecule has 0 saturated carbocycles. The average Bonchev–Trinajstić information content (AvgIpc) is 3.12. The molecule has 1 atom stereocenters. The Morgan fingerprint density at radius 1 is 1.20 bits per heavy atom. The highest BCUT2D eigenvalue weighted by Crippen LogP contribution is 2.32. The smallest absolute Gasteiger partial charge is 0.325 e. The predicted molar refractivity (Wildman–Crippen MR) is 95.5 cm³/mol. The van der Waals surface area contributed by atoms with Crippen LogP contribution in [-0.4, -0.2) is 54.0 Å². The van der Waals surface area contributed by atoms with E-state index in [1.165, 1.54) is 16.9 Å². The van der Waals surface area contributed by atoms with Gasteiger partial charge in [-0.25, -0.2) is 4.79 Å². The van der Waals surface area contributed by atoms with Crippen molar-refractivity contribution in [2.75, 3.05) is 26.7 Å². The number of hydrogen-bond donors (Lipinski definition) is 1. The number of benzene rings is 1. The van der Waals surface area contributed by atoms with Gasteiger partial charge >= 0.3 is 6.03 Å². The lowest BCUT2D eigenvalue weighted by Crippen LogP contribution is -2.40. The summed E-state index contributed by atoms with van der Waals surface area (Å²) in [7, 11) is 1.67. The molecule has 25 heavy (non-hydrogen) atoms. The fourth-order valence-corrected chi connectivity index (χ4v) is 3.75. The van der Waals surface area contributed by atoms with Crippen molar-refractivity contribution >= 4 is 11.9 Å². The highest BCUT2D eigenvalue weighted by molar-refractivity contribution is 6.06. The fraction of sp³-hybridized carbons (Fsp3) is 0.579. The maximum absolute atomic E-state index is 12.2. The van der Waals surface area contributed by atoms with Crippen LogP contribution in [0.5, 0.6) is 5.75 Å². The molecule has 2 aliphatic rings. The Morgan fingerprint density at radius 3 is 2.52 bits per heavy atom. The molecular weight excluding hydrogens is 318 g/mol. The molecule has 0 unspecified atom stereocenters. The molecule has 2 fully saturated rings. The normalized spacial score (nSPS) is 23.2. The van der Waals surface area contributed by atoms with Gasteiger partial charge in [-0.05, 0) is 57.4 Å². The highest BCUT2D eigenvalue weighted by atomic mass is 16.5. The Hall–Kier alpha value is -2.08. The van der Waals surface area contributed by atoms with E-state index in [1.54, 1.807) is 21.0 Å². The number of imide groups is 1. The summed E-state index contributed by atoms with van der Waals surface area (Å²) < 4.78 is 5.23. The Morgan fingerprint density at radius 2 is 1.92 bits per heavy atom. The Bertz CT molecular complexity index is 642. The largest absolute Gasteiger partial charge is 0.497 e. The number of hydrogen-bond acceptors (Lipinski definition) is 4. The van der Waals surface area contributed by atoms with Crippen molar-refractivity contribution in [2.45, 2.75) is 44.7 Å². The van der Waals surface area contributed by atoms with Crippen LogP contribution < -0.4 is 10.1 Å². The van der Waals surface area contributed by atoms with Crippen LogP contribution in [0.25, 0.3) is 0 Å². The molecule has 2 saturated heterocycles. The minimum atomic E-state index is -0.781. The Balaban J connectivity index is 1.55. The fourth-order valence-electron chi connectivity index (χ4n) is 3.75. The number of nitrogens with zero attached hydrogens (tertiary/aromatic N) is 2. The van der Waals surface area contributed by atoms with Gasteiger partial charge in [-0.2, -0.15) is 0 Å². The number of methoxy groups -OCH3 is 1. The zero-order chi connectivity index (χ0) is 18.0. The summed E-state index contributed by atoms with van der Waals surface area (Å²) in [6.45, 7) is 5.90. The van der Waals surface area contributed by atoms with Gasteiger partial charge in [0.25, 0.3) is 5.91 Å². The van der Waals surface area contributed by atoms with Gasteiger partial charge in [0.15, 0.2) is 0 Å². The van der Waals surface area contributed by atoms with Crippen molar-refractivity contribution in [1.82, 2.24) is 15.1 Å². The molecule has 136 valence electrons. The zero-order valence-electron chi connectivity index (χ0n) is 15.2. The molecule has 2 aliphatic heterocycles. The first-order valence-electron chi connectivity index (χ1n) is 8.94. The van der Waals surface area contributed by atoms with Gasteiger partial charge in [0.2, 0.25) is 0 Å². The molecule has 6 nitrogen and oxygen atoms in total. The van der Waals surface area contributed by atoms with Gasteiger partial charge in [0.05, 0.1) is 7.11 Å². The number of rotatable bonds is 6. The molecule has 1 aromatic rings. The summed E-state index contributed by atoms with van der Waals surface area (Å²) in [4.78, 5) is 28.0. The van der Waals surface area contributed by atoms with Crippen molar-refractivity contribution in [3.05, 3.63) is 29.8 Å². The number of likely N-dealkylation sites (tertiary alicyclic amines) is 1. The molecule has 1 aromatic carbocycles. The summed E-state index contributed by atoms with van der Waals surface area (Å²) in [6, 6.07) is 8.39. The number of ether oxygens (including phenoxy) is 1. The van der Waals surface area contributed by atoms with Crippen LogP contribution in [0.4, 0.5) is 4.79 Å².